The normalized spacial score (nSPS) is 18.2. The van der Waals surface area contributed by atoms with Crippen molar-refractivity contribution < 1.29 is 28.1 Å². The van der Waals surface area contributed by atoms with E-state index in [0.717, 1.165) is 30.8 Å². The van der Waals surface area contributed by atoms with Crippen LogP contribution in [-0.2, 0) is 35.6 Å². The lowest BCUT2D eigenvalue weighted by atomic mass is 9.87. The lowest BCUT2D eigenvalue weighted by molar-refractivity contribution is -0.0189. The van der Waals surface area contributed by atoms with Crippen LogP contribution in [0, 0.1) is 0 Å². The van der Waals surface area contributed by atoms with Gasteiger partial charge in [0.25, 0.3) is 0 Å². The standard InChI is InChI=1S/C31H43N3O6/c1-31(2,3)28-10-8-27(9-11-28)30-33-32-29(40-30)26-6-4-25(5-7-26)24-34-12-14-35-16-18-37-20-22-39-23-21-38-19-17-36-15-13-34/h4-11H,12-24H2,1-3H3. The topological polar surface area (TPSA) is 88.3 Å². The van der Waals surface area contributed by atoms with Crippen LogP contribution in [0.15, 0.2) is 52.9 Å². The monoisotopic (exact) mass is 553 g/mol. The van der Waals surface area contributed by atoms with E-state index < -0.39 is 0 Å². The molecule has 218 valence electrons. The Labute approximate surface area is 237 Å². The second-order valence-corrected chi connectivity index (χ2v) is 10.8. The quantitative estimate of drug-likeness (QED) is 0.460. The molecule has 4 rings (SSSR count). The Kier molecular flexibility index (Phi) is 12.1. The third-order valence-electron chi connectivity index (χ3n) is 6.62. The van der Waals surface area contributed by atoms with Gasteiger partial charge in [0.1, 0.15) is 0 Å². The van der Waals surface area contributed by atoms with Gasteiger partial charge >= 0.3 is 0 Å². The van der Waals surface area contributed by atoms with Gasteiger partial charge in [-0.2, -0.15) is 0 Å². The highest BCUT2D eigenvalue weighted by atomic mass is 16.6. The van der Waals surface area contributed by atoms with Gasteiger partial charge in [-0.25, -0.2) is 0 Å². The van der Waals surface area contributed by atoms with Crippen molar-refractivity contribution in [3.8, 4) is 22.9 Å². The van der Waals surface area contributed by atoms with E-state index in [1.807, 2.05) is 24.3 Å². The number of hydrogen-bond donors (Lipinski definition) is 0. The van der Waals surface area contributed by atoms with Gasteiger partial charge in [0.05, 0.1) is 66.1 Å². The second kappa shape index (κ2) is 16.0. The maximum Gasteiger partial charge on any atom is 0.248 e. The van der Waals surface area contributed by atoms with Gasteiger partial charge in [-0.1, -0.05) is 45.0 Å². The minimum absolute atomic E-state index is 0.0981. The Balaban J connectivity index is 1.31. The van der Waals surface area contributed by atoms with E-state index >= 15 is 0 Å². The molecule has 1 aliphatic heterocycles. The highest BCUT2D eigenvalue weighted by Gasteiger charge is 2.15. The van der Waals surface area contributed by atoms with E-state index in [0.29, 0.717) is 77.9 Å². The molecule has 1 saturated heterocycles. The molecule has 0 spiro atoms. The van der Waals surface area contributed by atoms with Gasteiger partial charge < -0.3 is 28.1 Å². The van der Waals surface area contributed by atoms with E-state index in [1.54, 1.807) is 0 Å². The van der Waals surface area contributed by atoms with Gasteiger partial charge in [0, 0.05) is 30.8 Å². The molecule has 0 saturated carbocycles. The minimum Gasteiger partial charge on any atom is -0.416 e. The lowest BCUT2D eigenvalue weighted by Gasteiger charge is -2.22. The summed E-state index contributed by atoms with van der Waals surface area (Å²) in [5.74, 6) is 1.03. The smallest absolute Gasteiger partial charge is 0.248 e. The number of nitrogens with zero attached hydrogens (tertiary/aromatic N) is 3. The summed E-state index contributed by atoms with van der Waals surface area (Å²) in [5.41, 5.74) is 4.36. The Morgan fingerprint density at radius 2 is 0.975 bits per heavy atom. The number of benzene rings is 2. The average molecular weight is 554 g/mol. The summed E-state index contributed by atoms with van der Waals surface area (Å²) in [5, 5.41) is 8.57. The lowest BCUT2D eigenvalue weighted by Crippen LogP contribution is -2.31. The van der Waals surface area contributed by atoms with Gasteiger partial charge in [0.15, 0.2) is 0 Å². The third-order valence-corrected chi connectivity index (χ3v) is 6.62. The third kappa shape index (κ3) is 10.1. The van der Waals surface area contributed by atoms with Gasteiger partial charge in [-0.05, 0) is 40.8 Å². The maximum atomic E-state index is 6.01. The van der Waals surface area contributed by atoms with E-state index in [-0.39, 0.29) is 5.41 Å². The van der Waals surface area contributed by atoms with Crippen LogP contribution in [0.5, 0.6) is 0 Å². The second-order valence-electron chi connectivity index (χ2n) is 10.8. The van der Waals surface area contributed by atoms with Crippen LogP contribution in [0.25, 0.3) is 22.9 Å². The summed E-state index contributed by atoms with van der Waals surface area (Å²) >= 11 is 0. The van der Waals surface area contributed by atoms with Crippen LogP contribution in [0.3, 0.4) is 0 Å². The molecule has 1 fully saturated rings. The van der Waals surface area contributed by atoms with Crippen LogP contribution in [0.2, 0.25) is 0 Å². The molecule has 2 aromatic carbocycles. The van der Waals surface area contributed by atoms with Crippen molar-refractivity contribution in [2.45, 2.75) is 32.7 Å². The fourth-order valence-electron chi connectivity index (χ4n) is 4.22. The molecule has 40 heavy (non-hydrogen) atoms. The summed E-state index contributed by atoms with van der Waals surface area (Å²) in [6, 6.07) is 16.6. The molecule has 1 aromatic heterocycles. The van der Waals surface area contributed by atoms with E-state index in [9.17, 15) is 0 Å². The van der Waals surface area contributed by atoms with Crippen LogP contribution in [-0.4, -0.2) is 94.3 Å². The average Bonchev–Trinajstić information content (AvgIpc) is 3.44. The summed E-state index contributed by atoms with van der Waals surface area (Å²) in [6.45, 7) is 14.7. The van der Waals surface area contributed by atoms with Crippen molar-refractivity contribution in [3.05, 3.63) is 59.7 Å². The minimum atomic E-state index is 0.0981. The molecule has 2 heterocycles. The Bertz CT molecular complexity index is 1090. The van der Waals surface area contributed by atoms with E-state index in [2.05, 4.69) is 60.1 Å². The van der Waals surface area contributed by atoms with Crippen LogP contribution >= 0.6 is 0 Å². The first-order chi connectivity index (χ1) is 19.5. The molecule has 0 unspecified atom stereocenters. The first kappa shape index (κ1) is 30.3. The summed E-state index contributed by atoms with van der Waals surface area (Å²) < 4.78 is 34.2. The van der Waals surface area contributed by atoms with Gasteiger partial charge in [-0.3, -0.25) is 4.90 Å². The van der Waals surface area contributed by atoms with Crippen molar-refractivity contribution in [1.82, 2.24) is 15.1 Å². The van der Waals surface area contributed by atoms with Gasteiger partial charge in [0.2, 0.25) is 11.8 Å². The highest BCUT2D eigenvalue weighted by molar-refractivity contribution is 5.58. The van der Waals surface area contributed by atoms with Gasteiger partial charge in [-0.15, -0.1) is 10.2 Å². The van der Waals surface area contributed by atoms with Crippen molar-refractivity contribution in [3.63, 3.8) is 0 Å². The number of hydrogen-bond acceptors (Lipinski definition) is 9. The molecule has 3 aromatic rings. The number of aromatic nitrogens is 2. The molecule has 1 aliphatic rings. The summed E-state index contributed by atoms with van der Waals surface area (Å²) in [4.78, 5) is 2.33. The maximum absolute atomic E-state index is 6.01. The van der Waals surface area contributed by atoms with Crippen LogP contribution in [0.4, 0.5) is 0 Å². The molecule has 9 nitrogen and oxygen atoms in total. The van der Waals surface area contributed by atoms with Crippen LogP contribution in [0.1, 0.15) is 31.9 Å². The largest absolute Gasteiger partial charge is 0.416 e. The van der Waals surface area contributed by atoms with Crippen molar-refractivity contribution in [1.29, 1.82) is 0 Å². The molecule has 0 amide bonds. The number of rotatable bonds is 4. The summed E-state index contributed by atoms with van der Waals surface area (Å²) in [7, 11) is 0. The molecule has 0 atom stereocenters. The molecule has 0 bridgehead atoms. The molecule has 0 N–H and O–H groups in total. The number of ether oxygens (including phenoxy) is 5. The SMILES string of the molecule is CC(C)(C)c1ccc(-c2nnc(-c3ccc(CN4CCOCCOCCOCCOCCOCC4)cc3)o2)cc1. The van der Waals surface area contributed by atoms with E-state index in [4.69, 9.17) is 28.1 Å². The fraction of sp³-hybridized carbons (Fsp3) is 0.548. The fourth-order valence-corrected chi connectivity index (χ4v) is 4.22. The Morgan fingerprint density at radius 1 is 0.575 bits per heavy atom. The zero-order chi connectivity index (χ0) is 28.0. The molecule has 0 aliphatic carbocycles. The van der Waals surface area contributed by atoms with Crippen molar-refractivity contribution in [2.75, 3.05) is 79.2 Å². The molecular weight excluding hydrogens is 510 g/mol. The van der Waals surface area contributed by atoms with Crippen molar-refractivity contribution in [2.24, 2.45) is 0 Å². The van der Waals surface area contributed by atoms with Crippen LogP contribution < -0.4 is 0 Å². The molecule has 0 radical (unpaired) electrons. The Hall–Kier alpha value is -2.66. The first-order valence-electron chi connectivity index (χ1n) is 14.1. The predicted octanol–water partition coefficient (Wildman–Crippen LogP) is 4.60. The molecular formula is C31H43N3O6. The molecule has 9 heteroatoms. The predicted molar refractivity (Wildman–Crippen MR) is 153 cm³/mol. The van der Waals surface area contributed by atoms with E-state index in [1.165, 1.54) is 11.1 Å². The summed E-state index contributed by atoms with van der Waals surface area (Å²) in [6.07, 6.45) is 0. The zero-order valence-corrected chi connectivity index (χ0v) is 24.1. The van der Waals surface area contributed by atoms with Crippen molar-refractivity contribution >= 4 is 0 Å². The zero-order valence-electron chi connectivity index (χ0n) is 24.1. The Morgan fingerprint density at radius 3 is 1.40 bits per heavy atom. The first-order valence-corrected chi connectivity index (χ1v) is 14.1. The highest BCUT2D eigenvalue weighted by Crippen LogP contribution is 2.27.